The molecule has 4 fully saturated rings. The van der Waals surface area contributed by atoms with Crippen molar-refractivity contribution in [2.24, 2.45) is 5.92 Å². The number of benzene rings is 1. The van der Waals surface area contributed by atoms with E-state index in [1.165, 1.54) is 5.56 Å². The molecule has 3 heteroatoms. The van der Waals surface area contributed by atoms with Gasteiger partial charge in [-0.1, -0.05) is 30.3 Å². The van der Waals surface area contributed by atoms with Crippen molar-refractivity contribution in [3.05, 3.63) is 35.9 Å². The van der Waals surface area contributed by atoms with Gasteiger partial charge in [0.25, 0.3) is 0 Å². The molecular weight excluding hydrogens is 224 g/mol. The number of fused-ring (bicyclic) bond motifs is 1. The molecule has 1 aromatic rings. The predicted molar refractivity (Wildman–Crippen MR) is 70.5 cm³/mol. The molecule has 0 saturated carbocycles. The minimum atomic E-state index is -0.175. The average Bonchev–Trinajstić information content (AvgIpc) is 2.65. The Hall–Kier alpha value is -0.900. The Bertz CT molecular complexity index is 431. The zero-order chi connectivity index (χ0) is 12.2. The molecule has 0 aromatic heterocycles. The second-order valence-electron chi connectivity index (χ2n) is 6.20. The second kappa shape index (κ2) is 3.80. The highest BCUT2D eigenvalue weighted by Crippen LogP contribution is 2.42. The fourth-order valence-corrected chi connectivity index (χ4v) is 4.28. The molecule has 3 atom stereocenters. The maximum absolute atomic E-state index is 10.8. The molecule has 0 spiro atoms. The van der Waals surface area contributed by atoms with Crippen molar-refractivity contribution >= 4 is 0 Å². The van der Waals surface area contributed by atoms with Crippen LogP contribution in [0.5, 0.6) is 0 Å². The summed E-state index contributed by atoms with van der Waals surface area (Å²) in [7, 11) is 0. The molecule has 0 amide bonds. The first-order chi connectivity index (χ1) is 8.78. The van der Waals surface area contributed by atoms with Crippen LogP contribution in [0.2, 0.25) is 0 Å². The SMILES string of the molecule is OC1C2CN3CCN(C2)CC1(c1ccccc1)C3. The fraction of sp³-hybridized carbons (Fsp3) is 0.600. The Kier molecular flexibility index (Phi) is 2.31. The van der Waals surface area contributed by atoms with Crippen LogP contribution < -0.4 is 0 Å². The van der Waals surface area contributed by atoms with Gasteiger partial charge in [0, 0.05) is 50.6 Å². The van der Waals surface area contributed by atoms with Crippen LogP contribution in [0.3, 0.4) is 0 Å². The van der Waals surface area contributed by atoms with E-state index in [1.54, 1.807) is 0 Å². The fourth-order valence-electron chi connectivity index (χ4n) is 4.28. The van der Waals surface area contributed by atoms with E-state index in [-0.39, 0.29) is 11.5 Å². The minimum Gasteiger partial charge on any atom is -0.392 e. The molecule has 4 aliphatic heterocycles. The molecule has 4 heterocycles. The first-order valence-electron chi connectivity index (χ1n) is 6.96. The van der Waals surface area contributed by atoms with E-state index >= 15 is 0 Å². The molecule has 96 valence electrons. The average molecular weight is 244 g/mol. The van der Waals surface area contributed by atoms with Crippen molar-refractivity contribution in [3.8, 4) is 0 Å². The van der Waals surface area contributed by atoms with Crippen LogP contribution in [0.1, 0.15) is 5.56 Å². The summed E-state index contributed by atoms with van der Waals surface area (Å²) < 4.78 is 0. The van der Waals surface area contributed by atoms with Crippen molar-refractivity contribution in [1.82, 2.24) is 9.80 Å². The third kappa shape index (κ3) is 1.41. The third-order valence-corrected chi connectivity index (χ3v) is 5.09. The minimum absolute atomic E-state index is 0.0566. The summed E-state index contributed by atoms with van der Waals surface area (Å²) in [6, 6.07) is 10.6. The van der Waals surface area contributed by atoms with E-state index in [2.05, 4.69) is 40.1 Å². The van der Waals surface area contributed by atoms with Crippen molar-refractivity contribution < 1.29 is 5.11 Å². The molecule has 3 unspecified atom stereocenters. The Morgan fingerprint density at radius 1 is 1.00 bits per heavy atom. The summed E-state index contributed by atoms with van der Waals surface area (Å²) in [5.74, 6) is 0.426. The zero-order valence-electron chi connectivity index (χ0n) is 10.6. The molecule has 18 heavy (non-hydrogen) atoms. The molecule has 0 radical (unpaired) electrons. The lowest BCUT2D eigenvalue weighted by molar-refractivity contribution is -0.0737. The van der Waals surface area contributed by atoms with Gasteiger partial charge in [-0.3, -0.25) is 0 Å². The van der Waals surface area contributed by atoms with Crippen LogP contribution in [0.15, 0.2) is 30.3 Å². The number of nitrogens with zero attached hydrogens (tertiary/aromatic N) is 2. The molecular formula is C15H20N2O. The highest BCUT2D eigenvalue weighted by atomic mass is 16.3. The van der Waals surface area contributed by atoms with E-state index in [4.69, 9.17) is 0 Å². The number of piperidine rings is 2. The molecule has 1 aromatic carbocycles. The Morgan fingerprint density at radius 2 is 1.61 bits per heavy atom. The van der Waals surface area contributed by atoms with Crippen LogP contribution in [-0.2, 0) is 5.41 Å². The van der Waals surface area contributed by atoms with Gasteiger partial charge in [-0.2, -0.15) is 0 Å². The quantitative estimate of drug-likeness (QED) is 0.781. The number of hydrogen-bond acceptors (Lipinski definition) is 3. The maximum atomic E-state index is 10.8. The topological polar surface area (TPSA) is 26.7 Å². The molecule has 1 N–H and O–H groups in total. The van der Waals surface area contributed by atoms with Crippen LogP contribution in [0, 0.1) is 5.92 Å². The van der Waals surface area contributed by atoms with Gasteiger partial charge in [0.1, 0.15) is 0 Å². The molecule has 4 bridgehead atoms. The van der Waals surface area contributed by atoms with Crippen molar-refractivity contribution in [2.75, 3.05) is 39.3 Å². The van der Waals surface area contributed by atoms with Gasteiger partial charge in [0.2, 0.25) is 0 Å². The molecule has 5 rings (SSSR count). The Morgan fingerprint density at radius 3 is 2.22 bits per heavy atom. The highest BCUT2D eigenvalue weighted by molar-refractivity contribution is 5.32. The monoisotopic (exact) mass is 244 g/mol. The maximum Gasteiger partial charge on any atom is 0.0714 e. The normalized spacial score (nSPS) is 46.1. The smallest absolute Gasteiger partial charge is 0.0714 e. The Balaban J connectivity index is 1.83. The van der Waals surface area contributed by atoms with Gasteiger partial charge < -0.3 is 14.9 Å². The first-order valence-corrected chi connectivity index (χ1v) is 6.96. The van der Waals surface area contributed by atoms with Gasteiger partial charge in [-0.25, -0.2) is 0 Å². The lowest BCUT2D eigenvalue weighted by atomic mass is 9.66. The lowest BCUT2D eigenvalue weighted by Crippen LogP contribution is -2.65. The van der Waals surface area contributed by atoms with Crippen LogP contribution in [0.4, 0.5) is 0 Å². The largest absolute Gasteiger partial charge is 0.392 e. The van der Waals surface area contributed by atoms with E-state index in [0.29, 0.717) is 5.92 Å². The Labute approximate surface area is 108 Å². The highest BCUT2D eigenvalue weighted by Gasteiger charge is 2.54. The summed E-state index contributed by atoms with van der Waals surface area (Å²) in [6.07, 6.45) is -0.175. The van der Waals surface area contributed by atoms with Gasteiger partial charge >= 0.3 is 0 Å². The summed E-state index contributed by atoms with van der Waals surface area (Å²) in [5, 5.41) is 10.8. The number of aliphatic hydroxyl groups excluding tert-OH is 1. The lowest BCUT2D eigenvalue weighted by Gasteiger charge is -2.53. The second-order valence-corrected chi connectivity index (χ2v) is 6.20. The number of hydrogen-bond donors (Lipinski definition) is 1. The van der Waals surface area contributed by atoms with Gasteiger partial charge in [-0.05, 0) is 5.56 Å². The molecule has 0 aliphatic carbocycles. The van der Waals surface area contributed by atoms with Crippen molar-refractivity contribution in [3.63, 3.8) is 0 Å². The third-order valence-electron chi connectivity index (χ3n) is 5.09. The molecule has 3 nitrogen and oxygen atoms in total. The summed E-state index contributed by atoms with van der Waals surface area (Å²) in [5.41, 5.74) is 1.26. The van der Waals surface area contributed by atoms with E-state index in [1.807, 2.05) is 0 Å². The molecule has 4 aliphatic rings. The summed E-state index contributed by atoms with van der Waals surface area (Å²) in [6.45, 7) is 6.52. The van der Waals surface area contributed by atoms with Gasteiger partial charge in [0.15, 0.2) is 0 Å². The van der Waals surface area contributed by atoms with Gasteiger partial charge in [0.05, 0.1) is 6.10 Å². The van der Waals surface area contributed by atoms with E-state index in [9.17, 15) is 5.11 Å². The number of rotatable bonds is 1. The number of aliphatic hydroxyl groups is 1. The van der Waals surface area contributed by atoms with E-state index < -0.39 is 0 Å². The first kappa shape index (κ1) is 11.0. The van der Waals surface area contributed by atoms with Crippen LogP contribution in [0.25, 0.3) is 0 Å². The van der Waals surface area contributed by atoms with E-state index in [0.717, 1.165) is 39.3 Å². The predicted octanol–water partition coefficient (Wildman–Crippen LogP) is 0.546. The summed E-state index contributed by atoms with van der Waals surface area (Å²) in [4.78, 5) is 5.11. The standard InChI is InChI=1S/C15H20N2O/c18-14-12-8-16-6-7-17(9-12)11-15(14,10-16)13-4-2-1-3-5-13/h1-5,12,14,18H,6-11H2. The summed E-state index contributed by atoms with van der Waals surface area (Å²) >= 11 is 0. The van der Waals surface area contributed by atoms with Gasteiger partial charge in [-0.15, -0.1) is 0 Å². The zero-order valence-corrected chi connectivity index (χ0v) is 10.6. The van der Waals surface area contributed by atoms with Crippen LogP contribution in [-0.4, -0.2) is 60.3 Å². The van der Waals surface area contributed by atoms with Crippen molar-refractivity contribution in [2.45, 2.75) is 11.5 Å². The molecule has 4 saturated heterocycles. The van der Waals surface area contributed by atoms with Crippen LogP contribution >= 0.6 is 0 Å². The van der Waals surface area contributed by atoms with Crippen molar-refractivity contribution in [1.29, 1.82) is 0 Å².